The molecule has 0 bridgehead atoms. The van der Waals surface area contributed by atoms with E-state index >= 15 is 0 Å². The molecule has 1 aliphatic heterocycles. The van der Waals surface area contributed by atoms with Gasteiger partial charge in [-0.2, -0.15) is 0 Å². The number of amides is 1. The zero-order chi connectivity index (χ0) is 13.2. The van der Waals surface area contributed by atoms with E-state index < -0.39 is 0 Å². The summed E-state index contributed by atoms with van der Waals surface area (Å²) < 4.78 is 0. The van der Waals surface area contributed by atoms with E-state index in [0.717, 1.165) is 19.4 Å². The molecule has 1 amide bonds. The molecule has 1 saturated heterocycles. The monoisotopic (exact) mass is 266 g/mol. The Morgan fingerprint density at radius 3 is 2.94 bits per heavy atom. The van der Waals surface area contributed by atoms with Crippen molar-refractivity contribution >= 4 is 17.2 Å². The molecule has 0 aliphatic carbocycles. The van der Waals surface area contributed by atoms with Crippen LogP contribution >= 0.6 is 11.3 Å². The first kappa shape index (κ1) is 13.6. The highest BCUT2D eigenvalue weighted by Gasteiger charge is 2.36. The van der Waals surface area contributed by atoms with Gasteiger partial charge in [0.05, 0.1) is 12.0 Å². The summed E-state index contributed by atoms with van der Waals surface area (Å²) in [5.74, 6) is 0.230. The van der Waals surface area contributed by atoms with Gasteiger partial charge in [-0.15, -0.1) is 11.3 Å². The predicted molar refractivity (Wildman–Crippen MR) is 75.8 cm³/mol. The smallest absolute Gasteiger partial charge is 0.228 e. The Labute approximate surface area is 113 Å². The van der Waals surface area contributed by atoms with E-state index in [9.17, 15) is 4.79 Å². The number of nitrogens with two attached hydrogens (primary N) is 1. The lowest BCUT2D eigenvalue weighted by molar-refractivity contribution is -0.138. The van der Waals surface area contributed by atoms with Crippen molar-refractivity contribution in [2.24, 2.45) is 5.73 Å². The number of likely N-dealkylation sites (tertiary alicyclic amines) is 1. The average Bonchev–Trinajstić information content (AvgIpc) is 2.75. The fraction of sp³-hybridized carbons (Fsp3) is 0.643. The van der Waals surface area contributed by atoms with E-state index in [2.05, 4.69) is 25.3 Å². The third-order valence-electron chi connectivity index (χ3n) is 4.02. The van der Waals surface area contributed by atoms with Crippen LogP contribution in [0.2, 0.25) is 0 Å². The van der Waals surface area contributed by atoms with Crippen LogP contribution in [0.1, 0.15) is 36.6 Å². The summed E-state index contributed by atoms with van der Waals surface area (Å²) in [5, 5.41) is 2.05. The van der Waals surface area contributed by atoms with E-state index in [-0.39, 0.29) is 11.4 Å². The van der Waals surface area contributed by atoms with Gasteiger partial charge in [-0.1, -0.05) is 0 Å². The van der Waals surface area contributed by atoms with Crippen LogP contribution in [0.25, 0.3) is 0 Å². The molecule has 18 heavy (non-hydrogen) atoms. The zero-order valence-corrected chi connectivity index (χ0v) is 12.1. The molecule has 1 fully saturated rings. The Kier molecular flexibility index (Phi) is 4.07. The maximum absolute atomic E-state index is 12.5. The van der Waals surface area contributed by atoms with Crippen molar-refractivity contribution in [3.05, 3.63) is 21.9 Å². The molecular weight excluding hydrogens is 244 g/mol. The van der Waals surface area contributed by atoms with Crippen LogP contribution in [0.4, 0.5) is 0 Å². The molecule has 1 aromatic heterocycles. The number of carbonyl (C=O) groups excluding carboxylic acids is 1. The molecule has 1 aromatic rings. The van der Waals surface area contributed by atoms with E-state index in [0.29, 0.717) is 13.0 Å². The lowest BCUT2D eigenvalue weighted by Crippen LogP contribution is -2.57. The number of thiophene rings is 1. The van der Waals surface area contributed by atoms with Gasteiger partial charge < -0.3 is 10.6 Å². The van der Waals surface area contributed by atoms with E-state index in [4.69, 9.17) is 5.73 Å². The average molecular weight is 266 g/mol. The molecule has 3 nitrogen and oxygen atoms in total. The first-order valence-corrected chi connectivity index (χ1v) is 7.48. The van der Waals surface area contributed by atoms with Crippen molar-refractivity contribution in [1.82, 2.24) is 4.90 Å². The minimum Gasteiger partial charge on any atom is -0.336 e. The highest BCUT2D eigenvalue weighted by molar-refractivity contribution is 7.10. The van der Waals surface area contributed by atoms with Crippen LogP contribution in [-0.4, -0.2) is 29.4 Å². The summed E-state index contributed by atoms with van der Waals surface area (Å²) >= 11 is 1.67. The summed E-state index contributed by atoms with van der Waals surface area (Å²) in [6, 6.07) is 2.08. The van der Waals surface area contributed by atoms with Crippen LogP contribution in [-0.2, 0) is 11.2 Å². The second-order valence-corrected chi connectivity index (χ2v) is 6.41. The molecule has 2 rings (SSSR count). The molecule has 2 heterocycles. The summed E-state index contributed by atoms with van der Waals surface area (Å²) in [6.45, 7) is 5.60. The summed E-state index contributed by atoms with van der Waals surface area (Å²) in [5.41, 5.74) is 6.96. The molecule has 2 N–H and O–H groups in total. The number of hydrogen-bond donors (Lipinski definition) is 1. The van der Waals surface area contributed by atoms with Crippen molar-refractivity contribution in [1.29, 1.82) is 0 Å². The zero-order valence-electron chi connectivity index (χ0n) is 11.2. The topological polar surface area (TPSA) is 46.3 Å². The van der Waals surface area contributed by atoms with E-state index in [1.807, 2.05) is 4.90 Å². The van der Waals surface area contributed by atoms with Gasteiger partial charge in [0, 0.05) is 18.0 Å². The molecule has 100 valence electrons. The molecule has 1 unspecified atom stereocenters. The quantitative estimate of drug-likeness (QED) is 0.912. The number of nitrogens with zero attached hydrogens (tertiary/aromatic N) is 1. The van der Waals surface area contributed by atoms with Gasteiger partial charge in [-0.05, 0) is 50.1 Å². The Bertz CT molecular complexity index is 429. The number of carbonyl (C=O) groups is 1. The largest absolute Gasteiger partial charge is 0.336 e. The Morgan fingerprint density at radius 1 is 1.56 bits per heavy atom. The first-order chi connectivity index (χ1) is 8.57. The lowest BCUT2D eigenvalue weighted by Gasteiger charge is -2.44. The Balaban J connectivity index is 2.10. The normalized spacial score (nSPS) is 24.3. The molecule has 0 aromatic carbocycles. The minimum absolute atomic E-state index is 0.138. The molecule has 4 heteroatoms. The van der Waals surface area contributed by atoms with Crippen LogP contribution in [0, 0.1) is 6.92 Å². The molecule has 1 aliphatic rings. The summed E-state index contributed by atoms with van der Waals surface area (Å²) in [4.78, 5) is 15.7. The molecule has 1 atom stereocenters. The fourth-order valence-electron chi connectivity index (χ4n) is 2.64. The molecule has 0 spiro atoms. The van der Waals surface area contributed by atoms with E-state index in [1.165, 1.54) is 16.9 Å². The van der Waals surface area contributed by atoms with Crippen LogP contribution in [0.3, 0.4) is 0 Å². The highest BCUT2D eigenvalue weighted by atomic mass is 32.1. The molecule has 0 radical (unpaired) electrons. The van der Waals surface area contributed by atoms with Crippen molar-refractivity contribution in [3.63, 3.8) is 0 Å². The maximum atomic E-state index is 12.5. The van der Waals surface area contributed by atoms with Crippen molar-refractivity contribution in [2.45, 2.75) is 45.1 Å². The molecular formula is C14H22N2OS. The Hall–Kier alpha value is -0.870. The summed E-state index contributed by atoms with van der Waals surface area (Å²) in [7, 11) is 0. The number of piperidine rings is 1. The first-order valence-electron chi connectivity index (χ1n) is 6.60. The fourth-order valence-corrected chi connectivity index (χ4v) is 3.53. The van der Waals surface area contributed by atoms with Gasteiger partial charge in [-0.3, -0.25) is 4.79 Å². The van der Waals surface area contributed by atoms with Crippen LogP contribution in [0.5, 0.6) is 0 Å². The molecule has 0 saturated carbocycles. The lowest BCUT2D eigenvalue weighted by atomic mass is 9.88. The highest BCUT2D eigenvalue weighted by Crippen LogP contribution is 2.28. The number of rotatable bonds is 3. The third-order valence-corrected chi connectivity index (χ3v) is 5.04. The van der Waals surface area contributed by atoms with Crippen LogP contribution < -0.4 is 5.73 Å². The summed E-state index contributed by atoms with van der Waals surface area (Å²) in [6.07, 6.45) is 3.83. The number of aryl methyl sites for hydroxylation is 1. The van der Waals surface area contributed by atoms with Gasteiger partial charge in [-0.25, -0.2) is 0 Å². The van der Waals surface area contributed by atoms with Gasteiger partial charge in [0.15, 0.2) is 0 Å². The van der Waals surface area contributed by atoms with E-state index in [1.54, 1.807) is 11.3 Å². The SMILES string of the molecule is Cc1ccsc1CC(=O)N1CCCCC1(C)CN. The van der Waals surface area contributed by atoms with Gasteiger partial charge in [0.2, 0.25) is 5.91 Å². The van der Waals surface area contributed by atoms with Crippen molar-refractivity contribution in [3.8, 4) is 0 Å². The van der Waals surface area contributed by atoms with Gasteiger partial charge in [0.1, 0.15) is 0 Å². The maximum Gasteiger partial charge on any atom is 0.228 e. The minimum atomic E-state index is -0.138. The Morgan fingerprint density at radius 2 is 2.33 bits per heavy atom. The predicted octanol–water partition coefficient (Wildman–Crippen LogP) is 2.33. The van der Waals surface area contributed by atoms with Crippen molar-refractivity contribution in [2.75, 3.05) is 13.1 Å². The van der Waals surface area contributed by atoms with Gasteiger partial charge in [0.25, 0.3) is 0 Å². The van der Waals surface area contributed by atoms with Crippen LogP contribution in [0.15, 0.2) is 11.4 Å². The van der Waals surface area contributed by atoms with Gasteiger partial charge >= 0.3 is 0 Å². The standard InChI is InChI=1S/C14H22N2OS/c1-11-5-8-18-12(11)9-13(17)16-7-4-3-6-14(16,2)10-15/h5,8H,3-4,6-7,9-10,15H2,1-2H3. The second kappa shape index (κ2) is 5.41. The third kappa shape index (κ3) is 2.59. The second-order valence-electron chi connectivity index (χ2n) is 5.41. The van der Waals surface area contributed by atoms with Crippen molar-refractivity contribution < 1.29 is 4.79 Å². The number of hydrogen-bond acceptors (Lipinski definition) is 3.